The molecule has 0 aliphatic carbocycles. The van der Waals surface area contributed by atoms with Gasteiger partial charge in [0.15, 0.2) is 0 Å². The monoisotopic (exact) mass is 354 g/mol. The van der Waals surface area contributed by atoms with Crippen LogP contribution in [0.5, 0.6) is 0 Å². The fourth-order valence-corrected chi connectivity index (χ4v) is 4.41. The quantitative estimate of drug-likeness (QED) is 0.829. The van der Waals surface area contributed by atoms with Crippen molar-refractivity contribution in [1.29, 1.82) is 0 Å². The Hall–Kier alpha value is -2.01. The van der Waals surface area contributed by atoms with E-state index in [1.807, 2.05) is 7.05 Å². The molecule has 140 valence electrons. The van der Waals surface area contributed by atoms with Crippen molar-refractivity contribution in [3.63, 3.8) is 0 Å². The van der Waals surface area contributed by atoms with Crippen LogP contribution in [-0.2, 0) is 4.79 Å². The first-order chi connectivity index (χ1) is 12.6. The van der Waals surface area contributed by atoms with Crippen molar-refractivity contribution in [2.75, 3.05) is 49.6 Å². The smallest absolute Gasteiger partial charge is 0.260 e. The summed E-state index contributed by atoms with van der Waals surface area (Å²) in [5, 5.41) is 3.57. The first kappa shape index (κ1) is 17.4. The van der Waals surface area contributed by atoms with Gasteiger partial charge in [-0.25, -0.2) is 0 Å². The topological polar surface area (TPSA) is 38.8 Å². The summed E-state index contributed by atoms with van der Waals surface area (Å²) in [6.07, 6.45) is 3.42. The maximum Gasteiger partial charge on any atom is 0.260 e. The van der Waals surface area contributed by atoms with Crippen LogP contribution in [0, 0.1) is 0 Å². The van der Waals surface area contributed by atoms with Crippen molar-refractivity contribution in [2.45, 2.75) is 39.2 Å². The average Bonchev–Trinajstić information content (AvgIpc) is 3.16. The van der Waals surface area contributed by atoms with E-state index in [1.54, 1.807) is 4.90 Å². The summed E-state index contributed by atoms with van der Waals surface area (Å²) in [6.45, 7) is 9.65. The van der Waals surface area contributed by atoms with E-state index in [0.717, 1.165) is 61.7 Å². The molecule has 5 nitrogen and oxygen atoms in total. The number of hydrogen-bond acceptors (Lipinski definition) is 4. The van der Waals surface area contributed by atoms with Gasteiger partial charge in [-0.05, 0) is 44.9 Å². The molecule has 3 aliphatic rings. The Balaban J connectivity index is 1.71. The van der Waals surface area contributed by atoms with Crippen LogP contribution < -0.4 is 15.1 Å². The zero-order chi connectivity index (χ0) is 18.3. The van der Waals surface area contributed by atoms with Gasteiger partial charge in [0.1, 0.15) is 0 Å². The summed E-state index contributed by atoms with van der Waals surface area (Å²) >= 11 is 0. The fraction of sp³-hybridized carbons (Fsp3) is 0.571. The zero-order valence-corrected chi connectivity index (χ0v) is 16.2. The first-order valence-electron chi connectivity index (χ1n) is 9.95. The number of benzene rings is 1. The number of likely N-dealkylation sites (N-methyl/N-ethyl adjacent to an activating group) is 1. The van der Waals surface area contributed by atoms with E-state index < -0.39 is 0 Å². The predicted octanol–water partition coefficient (Wildman–Crippen LogP) is 2.68. The number of rotatable bonds is 2. The number of nitrogens with zero attached hydrogens (tertiary/aromatic N) is 3. The average molecular weight is 354 g/mol. The van der Waals surface area contributed by atoms with E-state index in [4.69, 9.17) is 0 Å². The van der Waals surface area contributed by atoms with Crippen molar-refractivity contribution in [1.82, 2.24) is 10.2 Å². The Morgan fingerprint density at radius 2 is 1.85 bits per heavy atom. The highest BCUT2D eigenvalue weighted by atomic mass is 16.2. The number of carbonyl (C=O) groups excluding carboxylic acids is 1. The number of hydrogen-bond donors (Lipinski definition) is 1. The second-order valence-corrected chi connectivity index (χ2v) is 7.92. The van der Waals surface area contributed by atoms with E-state index in [-0.39, 0.29) is 5.91 Å². The van der Waals surface area contributed by atoms with Gasteiger partial charge in [-0.1, -0.05) is 0 Å². The van der Waals surface area contributed by atoms with Gasteiger partial charge < -0.3 is 15.1 Å². The van der Waals surface area contributed by atoms with Crippen LogP contribution in [0.4, 0.5) is 11.4 Å². The highest BCUT2D eigenvalue weighted by molar-refractivity contribution is 6.33. The van der Waals surface area contributed by atoms with E-state index in [9.17, 15) is 4.79 Å². The third kappa shape index (κ3) is 2.98. The van der Waals surface area contributed by atoms with Crippen molar-refractivity contribution < 1.29 is 4.79 Å². The number of amides is 1. The Bertz CT molecular complexity index is 734. The molecule has 0 atom stereocenters. The lowest BCUT2D eigenvalue weighted by Crippen LogP contribution is -2.33. The lowest BCUT2D eigenvalue weighted by molar-refractivity contribution is -0.112. The maximum absolute atomic E-state index is 13.0. The molecule has 4 rings (SSSR count). The number of anilines is 2. The molecule has 0 spiro atoms. The molecule has 3 aliphatic heterocycles. The van der Waals surface area contributed by atoms with Crippen LogP contribution in [0.15, 0.2) is 23.9 Å². The maximum atomic E-state index is 13.0. The highest BCUT2D eigenvalue weighted by Gasteiger charge is 2.33. The van der Waals surface area contributed by atoms with Gasteiger partial charge in [0.2, 0.25) is 0 Å². The van der Waals surface area contributed by atoms with Crippen molar-refractivity contribution in [3.05, 3.63) is 29.5 Å². The molecule has 5 heteroatoms. The SMILES string of the molecule is CC(C)N1CCN/C(=C2\C(=O)N(C)c3ccc(N4CCCC4)cc32)CC1. The summed E-state index contributed by atoms with van der Waals surface area (Å²) in [5.74, 6) is 0.124. The molecule has 0 unspecified atom stereocenters. The van der Waals surface area contributed by atoms with Crippen molar-refractivity contribution in [2.24, 2.45) is 0 Å². The van der Waals surface area contributed by atoms with Gasteiger partial charge in [-0.15, -0.1) is 0 Å². The molecule has 1 N–H and O–H groups in total. The minimum Gasteiger partial charge on any atom is -0.386 e. The first-order valence-corrected chi connectivity index (χ1v) is 9.95. The second kappa shape index (κ2) is 6.95. The predicted molar refractivity (Wildman–Crippen MR) is 108 cm³/mol. The number of nitrogens with one attached hydrogen (secondary N) is 1. The summed E-state index contributed by atoms with van der Waals surface area (Å²) in [7, 11) is 1.89. The Kier molecular flexibility index (Phi) is 4.65. The third-order valence-corrected chi connectivity index (χ3v) is 6.02. The molecule has 3 heterocycles. The van der Waals surface area contributed by atoms with Crippen molar-refractivity contribution in [3.8, 4) is 0 Å². The molecule has 0 aromatic heterocycles. The minimum atomic E-state index is 0.124. The highest BCUT2D eigenvalue weighted by Crippen LogP contribution is 2.40. The summed E-state index contributed by atoms with van der Waals surface area (Å²) in [6, 6.07) is 7.06. The van der Waals surface area contributed by atoms with E-state index in [0.29, 0.717) is 6.04 Å². The summed E-state index contributed by atoms with van der Waals surface area (Å²) in [4.78, 5) is 19.7. The molecular formula is C21H30N4O. The molecule has 26 heavy (non-hydrogen) atoms. The van der Waals surface area contributed by atoms with Gasteiger partial charge >= 0.3 is 0 Å². The molecule has 0 radical (unpaired) electrons. The van der Waals surface area contributed by atoms with E-state index in [1.165, 1.54) is 18.5 Å². The van der Waals surface area contributed by atoms with E-state index >= 15 is 0 Å². The van der Waals surface area contributed by atoms with Gasteiger partial charge in [0.25, 0.3) is 5.91 Å². The second-order valence-electron chi connectivity index (χ2n) is 7.92. The molecule has 2 fully saturated rings. The Morgan fingerprint density at radius 1 is 1.08 bits per heavy atom. The largest absolute Gasteiger partial charge is 0.386 e. The van der Waals surface area contributed by atoms with Crippen molar-refractivity contribution >= 4 is 22.9 Å². The van der Waals surface area contributed by atoms with Crippen LogP contribution in [0.25, 0.3) is 5.57 Å². The van der Waals surface area contributed by atoms with Crippen LogP contribution in [0.2, 0.25) is 0 Å². The third-order valence-electron chi connectivity index (χ3n) is 6.02. The minimum absolute atomic E-state index is 0.124. The Labute approximate surface area is 156 Å². The van der Waals surface area contributed by atoms with Gasteiger partial charge in [-0.3, -0.25) is 9.69 Å². The van der Waals surface area contributed by atoms with Crippen LogP contribution in [0.1, 0.15) is 38.7 Å². The fourth-order valence-electron chi connectivity index (χ4n) is 4.41. The Morgan fingerprint density at radius 3 is 2.58 bits per heavy atom. The van der Waals surface area contributed by atoms with Crippen LogP contribution >= 0.6 is 0 Å². The van der Waals surface area contributed by atoms with Crippen LogP contribution in [0.3, 0.4) is 0 Å². The number of fused-ring (bicyclic) bond motifs is 1. The van der Waals surface area contributed by atoms with Gasteiger partial charge in [0.05, 0.1) is 11.3 Å². The standard InChI is InChI=1S/C21H30N4O/c1-15(2)24-12-8-18(22-9-13-24)20-17-14-16(25-10-4-5-11-25)6-7-19(17)23(3)21(20)26/h6-7,14-15,22H,4-5,8-13H2,1-3H3/b20-18-. The molecule has 0 saturated carbocycles. The van der Waals surface area contributed by atoms with Gasteiger partial charge in [0, 0.05) is 69.2 Å². The molecule has 1 aromatic rings. The van der Waals surface area contributed by atoms with Gasteiger partial charge in [-0.2, -0.15) is 0 Å². The normalized spacial score (nSPS) is 24.2. The zero-order valence-electron chi connectivity index (χ0n) is 16.2. The summed E-state index contributed by atoms with van der Waals surface area (Å²) in [5.41, 5.74) is 5.38. The lowest BCUT2D eigenvalue weighted by atomic mass is 10.0. The van der Waals surface area contributed by atoms with Crippen LogP contribution in [-0.4, -0.2) is 56.6 Å². The molecule has 2 saturated heterocycles. The lowest BCUT2D eigenvalue weighted by Gasteiger charge is -2.23. The molecule has 0 bridgehead atoms. The molecular weight excluding hydrogens is 324 g/mol. The molecule has 1 aromatic carbocycles. The summed E-state index contributed by atoms with van der Waals surface area (Å²) < 4.78 is 0. The van der Waals surface area contributed by atoms with E-state index in [2.05, 4.69) is 47.2 Å². The molecule has 1 amide bonds. The number of carbonyl (C=O) groups is 1.